The molecule has 3 fully saturated rings. The molecule has 0 aromatic carbocycles. The lowest BCUT2D eigenvalue weighted by atomic mass is 9.83. The minimum Gasteiger partial charge on any atom is -0.481 e. The van der Waals surface area contributed by atoms with E-state index in [2.05, 4.69) is 0 Å². The van der Waals surface area contributed by atoms with Crippen LogP contribution in [0.2, 0.25) is 0 Å². The maximum Gasteiger partial charge on any atom is 0.310 e. The fourth-order valence-corrected chi connectivity index (χ4v) is 5.04. The normalized spacial score (nSPS) is 47.9. The third-order valence-corrected chi connectivity index (χ3v) is 5.96. The van der Waals surface area contributed by atoms with Crippen molar-refractivity contribution in [1.82, 2.24) is 0 Å². The first-order chi connectivity index (χ1) is 9.63. The average molecular weight is 276 g/mol. The summed E-state index contributed by atoms with van der Waals surface area (Å²) in [5, 5.41) is 9.38. The monoisotopic (exact) mass is 276 g/mol. The number of rotatable bonds is 3. The molecule has 20 heavy (non-hydrogen) atoms. The van der Waals surface area contributed by atoms with Crippen molar-refractivity contribution in [2.45, 2.75) is 38.2 Å². The number of ether oxygens (including phenoxy) is 1. The van der Waals surface area contributed by atoms with E-state index in [0.29, 0.717) is 5.92 Å². The van der Waals surface area contributed by atoms with Crippen LogP contribution in [0, 0.1) is 35.5 Å². The number of carboxylic acid groups (broad SMARTS) is 1. The van der Waals surface area contributed by atoms with Crippen LogP contribution in [0.3, 0.4) is 0 Å². The number of carbonyl (C=O) groups excluding carboxylic acids is 1. The van der Waals surface area contributed by atoms with Gasteiger partial charge in [0.05, 0.1) is 11.8 Å². The Morgan fingerprint density at radius 2 is 1.75 bits per heavy atom. The number of carboxylic acids is 1. The summed E-state index contributed by atoms with van der Waals surface area (Å²) in [7, 11) is 0. The van der Waals surface area contributed by atoms with Gasteiger partial charge >= 0.3 is 11.9 Å². The zero-order valence-electron chi connectivity index (χ0n) is 11.4. The number of carbonyl (C=O) groups is 2. The van der Waals surface area contributed by atoms with E-state index in [4.69, 9.17) is 4.74 Å². The van der Waals surface area contributed by atoms with Gasteiger partial charge < -0.3 is 9.84 Å². The zero-order valence-corrected chi connectivity index (χ0v) is 11.4. The molecule has 108 valence electrons. The Labute approximate surface area is 118 Å². The topological polar surface area (TPSA) is 63.6 Å². The summed E-state index contributed by atoms with van der Waals surface area (Å²) in [4.78, 5) is 23.9. The number of hydrogen-bond acceptors (Lipinski definition) is 3. The molecule has 4 nitrogen and oxygen atoms in total. The molecular weight excluding hydrogens is 256 g/mol. The fourth-order valence-electron chi connectivity index (χ4n) is 5.04. The number of esters is 1. The minimum atomic E-state index is -0.850. The van der Waals surface area contributed by atoms with Gasteiger partial charge in [-0.2, -0.15) is 0 Å². The van der Waals surface area contributed by atoms with Crippen LogP contribution in [0.15, 0.2) is 12.2 Å². The molecule has 0 radical (unpaired) electrons. The number of aliphatic carboxylic acids is 1. The Balaban J connectivity index is 1.48. The van der Waals surface area contributed by atoms with Crippen molar-refractivity contribution in [2.75, 3.05) is 0 Å². The zero-order chi connectivity index (χ0) is 13.9. The first-order valence-electron chi connectivity index (χ1n) is 7.75. The number of allylic oxidation sites excluding steroid dienone is 2. The van der Waals surface area contributed by atoms with Crippen LogP contribution in [-0.2, 0) is 14.3 Å². The van der Waals surface area contributed by atoms with E-state index >= 15 is 0 Å². The minimum absolute atomic E-state index is 0.0232. The lowest BCUT2D eigenvalue weighted by Crippen LogP contribution is -2.37. The highest BCUT2D eigenvalue weighted by Crippen LogP contribution is 2.50. The van der Waals surface area contributed by atoms with Crippen LogP contribution in [-0.4, -0.2) is 23.1 Å². The molecule has 0 amide bonds. The largest absolute Gasteiger partial charge is 0.481 e. The van der Waals surface area contributed by atoms with Gasteiger partial charge in [0.15, 0.2) is 0 Å². The highest BCUT2D eigenvalue weighted by molar-refractivity contribution is 5.83. The van der Waals surface area contributed by atoms with E-state index < -0.39 is 17.8 Å². The molecular formula is C16H20O4. The SMILES string of the molecule is O=C(O)[C@@H]1[C@@H](C(=O)O[C@@H]2C[C@H]3CC[C@H]2C3)[C@H]2C=C[C@H]1C2. The molecule has 0 saturated heterocycles. The molecule has 1 N–H and O–H groups in total. The van der Waals surface area contributed by atoms with Gasteiger partial charge in [0, 0.05) is 0 Å². The van der Waals surface area contributed by atoms with E-state index in [1.807, 2.05) is 12.2 Å². The molecule has 4 bridgehead atoms. The van der Waals surface area contributed by atoms with Gasteiger partial charge in [-0.3, -0.25) is 9.59 Å². The molecule has 0 aromatic heterocycles. The molecule has 4 rings (SSSR count). The first-order valence-corrected chi connectivity index (χ1v) is 7.75. The predicted molar refractivity (Wildman–Crippen MR) is 70.7 cm³/mol. The number of fused-ring (bicyclic) bond motifs is 4. The van der Waals surface area contributed by atoms with Crippen LogP contribution < -0.4 is 0 Å². The lowest BCUT2D eigenvalue weighted by Gasteiger charge is -2.27. The van der Waals surface area contributed by atoms with Crippen LogP contribution in [0.25, 0.3) is 0 Å². The van der Waals surface area contributed by atoms with E-state index in [9.17, 15) is 14.7 Å². The summed E-state index contributed by atoms with van der Waals surface area (Å²) in [6.45, 7) is 0. The van der Waals surface area contributed by atoms with Crippen molar-refractivity contribution in [1.29, 1.82) is 0 Å². The second-order valence-corrected chi connectivity index (χ2v) is 6.99. The standard InChI is InChI=1S/C16H20O4/c17-15(18)13-10-3-4-11(7-10)14(13)16(19)20-12-6-8-1-2-9(12)5-8/h3-4,8-14H,1-2,5-7H2,(H,17,18)/t8-,9-,10-,11-,12+,13-,14-/m0/s1. The third-order valence-electron chi connectivity index (χ3n) is 5.96. The highest BCUT2D eigenvalue weighted by atomic mass is 16.5. The van der Waals surface area contributed by atoms with E-state index in [0.717, 1.165) is 18.8 Å². The second-order valence-electron chi connectivity index (χ2n) is 6.99. The quantitative estimate of drug-likeness (QED) is 0.634. The van der Waals surface area contributed by atoms with Crippen LogP contribution in [0.4, 0.5) is 0 Å². The van der Waals surface area contributed by atoms with Gasteiger partial charge in [-0.1, -0.05) is 12.2 Å². The van der Waals surface area contributed by atoms with Crippen molar-refractivity contribution in [3.05, 3.63) is 12.2 Å². The van der Waals surface area contributed by atoms with Gasteiger partial charge in [-0.05, 0) is 55.8 Å². The molecule has 0 heterocycles. The summed E-state index contributed by atoms with van der Waals surface area (Å²) < 4.78 is 5.73. The van der Waals surface area contributed by atoms with Crippen molar-refractivity contribution in [3.8, 4) is 0 Å². The van der Waals surface area contributed by atoms with Crippen LogP contribution in [0.5, 0.6) is 0 Å². The summed E-state index contributed by atoms with van der Waals surface area (Å²) in [5.74, 6) is -0.780. The van der Waals surface area contributed by atoms with Gasteiger partial charge in [0.2, 0.25) is 0 Å². The molecule has 0 unspecified atom stereocenters. The maximum absolute atomic E-state index is 12.5. The fraction of sp³-hybridized carbons (Fsp3) is 0.750. The van der Waals surface area contributed by atoms with Crippen LogP contribution >= 0.6 is 0 Å². The smallest absolute Gasteiger partial charge is 0.310 e. The predicted octanol–water partition coefficient (Wildman–Crippen LogP) is 2.24. The van der Waals surface area contributed by atoms with Crippen molar-refractivity contribution >= 4 is 11.9 Å². The van der Waals surface area contributed by atoms with Crippen molar-refractivity contribution < 1.29 is 19.4 Å². The number of hydrogen-bond donors (Lipinski definition) is 1. The Morgan fingerprint density at radius 3 is 2.35 bits per heavy atom. The third kappa shape index (κ3) is 1.73. The van der Waals surface area contributed by atoms with E-state index in [1.54, 1.807) is 0 Å². The molecule has 7 atom stereocenters. The van der Waals surface area contributed by atoms with Gasteiger partial charge in [-0.15, -0.1) is 0 Å². The Hall–Kier alpha value is -1.32. The van der Waals surface area contributed by atoms with Crippen molar-refractivity contribution in [3.63, 3.8) is 0 Å². The Kier molecular flexibility index (Phi) is 2.69. The molecule has 0 aliphatic heterocycles. The van der Waals surface area contributed by atoms with E-state index in [1.165, 1.54) is 19.3 Å². The highest BCUT2D eigenvalue weighted by Gasteiger charge is 2.53. The molecule has 4 aliphatic rings. The van der Waals surface area contributed by atoms with Gasteiger partial charge in [-0.25, -0.2) is 0 Å². The van der Waals surface area contributed by atoms with Crippen molar-refractivity contribution in [2.24, 2.45) is 35.5 Å². The lowest BCUT2D eigenvalue weighted by molar-refractivity contribution is -0.164. The summed E-state index contributed by atoms with van der Waals surface area (Å²) >= 11 is 0. The summed E-state index contributed by atoms with van der Waals surface area (Å²) in [5.41, 5.74) is 0. The average Bonchev–Trinajstić information content (AvgIpc) is 3.16. The summed E-state index contributed by atoms with van der Waals surface area (Å²) in [6.07, 6.45) is 9.45. The molecule has 3 saturated carbocycles. The Bertz CT molecular complexity index is 483. The Morgan fingerprint density at radius 1 is 1.00 bits per heavy atom. The van der Waals surface area contributed by atoms with Crippen LogP contribution in [0.1, 0.15) is 32.1 Å². The van der Waals surface area contributed by atoms with E-state index in [-0.39, 0.29) is 23.9 Å². The first kappa shape index (κ1) is 12.4. The van der Waals surface area contributed by atoms with Gasteiger partial charge in [0.25, 0.3) is 0 Å². The second kappa shape index (κ2) is 4.34. The molecule has 0 spiro atoms. The maximum atomic E-state index is 12.5. The molecule has 4 aliphatic carbocycles. The summed E-state index contributed by atoms with van der Waals surface area (Å²) in [6, 6.07) is 0. The molecule has 0 aromatic rings. The van der Waals surface area contributed by atoms with Gasteiger partial charge in [0.1, 0.15) is 6.10 Å². The molecule has 4 heteroatoms.